The van der Waals surface area contributed by atoms with Crippen LogP contribution in [0.2, 0.25) is 0 Å². The highest BCUT2D eigenvalue weighted by atomic mass is 16.1. The van der Waals surface area contributed by atoms with E-state index < -0.39 is 11.9 Å². The van der Waals surface area contributed by atoms with Crippen molar-refractivity contribution < 1.29 is 4.79 Å². The lowest BCUT2D eigenvalue weighted by Gasteiger charge is -2.08. The molecule has 0 saturated heterocycles. The van der Waals surface area contributed by atoms with Crippen LogP contribution in [0.25, 0.3) is 0 Å². The van der Waals surface area contributed by atoms with Gasteiger partial charge in [-0.1, -0.05) is 0 Å². The van der Waals surface area contributed by atoms with Crippen LogP contribution in [0.3, 0.4) is 0 Å². The summed E-state index contributed by atoms with van der Waals surface area (Å²) in [4.78, 5) is 14.7. The van der Waals surface area contributed by atoms with Crippen molar-refractivity contribution in [1.82, 2.24) is 9.55 Å². The molecule has 1 amide bonds. The molecule has 5 nitrogen and oxygen atoms in total. The summed E-state index contributed by atoms with van der Waals surface area (Å²) in [5.41, 5.74) is 10.5. The van der Waals surface area contributed by atoms with Crippen LogP contribution in [-0.2, 0) is 11.3 Å². The van der Waals surface area contributed by atoms with Crippen molar-refractivity contribution in [1.29, 1.82) is 0 Å². The van der Waals surface area contributed by atoms with Gasteiger partial charge in [-0.3, -0.25) is 4.79 Å². The molecule has 13 heavy (non-hydrogen) atoms. The molecule has 0 aliphatic rings. The first-order chi connectivity index (χ1) is 6.11. The van der Waals surface area contributed by atoms with Crippen molar-refractivity contribution in [2.45, 2.75) is 25.9 Å². The normalized spacial score (nSPS) is 12.8. The lowest BCUT2D eigenvalue weighted by Crippen LogP contribution is -2.37. The van der Waals surface area contributed by atoms with E-state index in [0.717, 1.165) is 5.82 Å². The number of primary amides is 1. The zero-order valence-electron chi connectivity index (χ0n) is 7.60. The molecule has 0 radical (unpaired) electrons. The molecular weight excluding hydrogens is 168 g/mol. The first kappa shape index (κ1) is 9.73. The summed E-state index contributed by atoms with van der Waals surface area (Å²) in [6, 6.07) is -0.568. The molecule has 1 aromatic rings. The Bertz CT molecular complexity index is 294. The van der Waals surface area contributed by atoms with Crippen molar-refractivity contribution in [3.63, 3.8) is 0 Å². The standard InChI is InChI=1S/C8H14N4O/c1-6-11-3-5-12(6)4-2-7(9)8(10)13/h3,5,7H,2,4,9H2,1H3,(H2,10,13). The third kappa shape index (κ3) is 2.55. The maximum absolute atomic E-state index is 10.6. The van der Waals surface area contributed by atoms with Crippen LogP contribution in [0, 0.1) is 6.92 Å². The van der Waals surface area contributed by atoms with Crippen LogP contribution >= 0.6 is 0 Å². The van der Waals surface area contributed by atoms with Crippen LogP contribution in [-0.4, -0.2) is 21.5 Å². The van der Waals surface area contributed by atoms with E-state index in [1.165, 1.54) is 0 Å². The third-order valence-corrected chi connectivity index (χ3v) is 1.97. The fraction of sp³-hybridized carbons (Fsp3) is 0.500. The van der Waals surface area contributed by atoms with Gasteiger partial charge in [0.2, 0.25) is 5.91 Å². The summed E-state index contributed by atoms with van der Waals surface area (Å²) in [5.74, 6) is 0.453. The first-order valence-corrected chi connectivity index (χ1v) is 4.14. The highest BCUT2D eigenvalue weighted by molar-refractivity contribution is 5.79. The van der Waals surface area contributed by atoms with Crippen LogP contribution in [0.1, 0.15) is 12.2 Å². The molecule has 0 spiro atoms. The molecule has 0 saturated carbocycles. The van der Waals surface area contributed by atoms with Crippen molar-refractivity contribution >= 4 is 5.91 Å². The van der Waals surface area contributed by atoms with E-state index in [-0.39, 0.29) is 0 Å². The molecule has 0 aliphatic heterocycles. The number of rotatable bonds is 4. The van der Waals surface area contributed by atoms with Gasteiger partial charge in [0.25, 0.3) is 0 Å². The molecule has 1 atom stereocenters. The Morgan fingerprint density at radius 1 is 1.77 bits per heavy atom. The number of carbonyl (C=O) groups excluding carboxylic acids is 1. The lowest BCUT2D eigenvalue weighted by atomic mass is 10.2. The van der Waals surface area contributed by atoms with E-state index >= 15 is 0 Å². The smallest absolute Gasteiger partial charge is 0.234 e. The molecule has 1 heterocycles. The molecule has 0 aliphatic carbocycles. The number of hydrogen-bond acceptors (Lipinski definition) is 3. The van der Waals surface area contributed by atoms with Gasteiger partial charge in [-0.15, -0.1) is 0 Å². The number of amides is 1. The molecule has 5 heteroatoms. The van der Waals surface area contributed by atoms with Crippen LogP contribution in [0.4, 0.5) is 0 Å². The SMILES string of the molecule is Cc1nccn1CCC(N)C(N)=O. The number of nitrogens with zero attached hydrogens (tertiary/aromatic N) is 2. The number of aromatic nitrogens is 2. The summed E-state index contributed by atoms with van der Waals surface area (Å²) in [6.45, 7) is 2.58. The Morgan fingerprint density at radius 3 is 2.92 bits per heavy atom. The number of imidazole rings is 1. The molecule has 0 fully saturated rings. The summed E-state index contributed by atoms with van der Waals surface area (Å²) < 4.78 is 1.93. The van der Waals surface area contributed by atoms with Gasteiger partial charge < -0.3 is 16.0 Å². The summed E-state index contributed by atoms with van der Waals surface area (Å²) >= 11 is 0. The van der Waals surface area contributed by atoms with Crippen molar-refractivity contribution in [3.05, 3.63) is 18.2 Å². The van der Waals surface area contributed by atoms with E-state index in [2.05, 4.69) is 4.98 Å². The van der Waals surface area contributed by atoms with Gasteiger partial charge in [0.1, 0.15) is 5.82 Å². The van der Waals surface area contributed by atoms with Crippen molar-refractivity contribution in [2.75, 3.05) is 0 Å². The molecule has 72 valence electrons. The average molecular weight is 182 g/mol. The predicted octanol–water partition coefficient (Wildman–Crippen LogP) is -0.606. The average Bonchev–Trinajstić information content (AvgIpc) is 2.47. The van der Waals surface area contributed by atoms with Gasteiger partial charge in [-0.05, 0) is 13.3 Å². The lowest BCUT2D eigenvalue weighted by molar-refractivity contribution is -0.119. The van der Waals surface area contributed by atoms with E-state index in [1.54, 1.807) is 6.20 Å². The Hall–Kier alpha value is -1.36. The Morgan fingerprint density at radius 2 is 2.46 bits per heavy atom. The number of aryl methyl sites for hydroxylation is 2. The van der Waals surface area contributed by atoms with Gasteiger partial charge in [0.05, 0.1) is 6.04 Å². The molecule has 0 aromatic carbocycles. The summed E-state index contributed by atoms with van der Waals surface area (Å²) in [5, 5.41) is 0. The highest BCUT2D eigenvalue weighted by Crippen LogP contribution is 1.98. The minimum Gasteiger partial charge on any atom is -0.368 e. The largest absolute Gasteiger partial charge is 0.368 e. The molecule has 1 unspecified atom stereocenters. The fourth-order valence-corrected chi connectivity index (χ4v) is 1.06. The van der Waals surface area contributed by atoms with Gasteiger partial charge in [0.15, 0.2) is 0 Å². The van der Waals surface area contributed by atoms with Crippen molar-refractivity contribution in [3.8, 4) is 0 Å². The van der Waals surface area contributed by atoms with Crippen molar-refractivity contribution in [2.24, 2.45) is 11.5 Å². The van der Waals surface area contributed by atoms with Crippen LogP contribution < -0.4 is 11.5 Å². The maximum atomic E-state index is 10.6. The van der Waals surface area contributed by atoms with E-state index in [4.69, 9.17) is 11.5 Å². The minimum atomic E-state index is -0.568. The second-order valence-electron chi connectivity index (χ2n) is 2.97. The Kier molecular flexibility index (Phi) is 3.02. The first-order valence-electron chi connectivity index (χ1n) is 4.14. The monoisotopic (exact) mass is 182 g/mol. The summed E-state index contributed by atoms with van der Waals surface area (Å²) in [7, 11) is 0. The van der Waals surface area contributed by atoms with Gasteiger partial charge in [0, 0.05) is 18.9 Å². The van der Waals surface area contributed by atoms with E-state index in [0.29, 0.717) is 13.0 Å². The second-order valence-corrected chi connectivity index (χ2v) is 2.97. The molecule has 0 bridgehead atoms. The quantitative estimate of drug-likeness (QED) is 0.651. The Balaban J connectivity index is 2.44. The van der Waals surface area contributed by atoms with Crippen LogP contribution in [0.5, 0.6) is 0 Å². The maximum Gasteiger partial charge on any atom is 0.234 e. The number of nitrogens with two attached hydrogens (primary N) is 2. The minimum absolute atomic E-state index is 0.460. The zero-order valence-corrected chi connectivity index (χ0v) is 7.60. The summed E-state index contributed by atoms with van der Waals surface area (Å²) in [6.07, 6.45) is 4.11. The Labute approximate surface area is 76.7 Å². The van der Waals surface area contributed by atoms with Crippen LogP contribution in [0.15, 0.2) is 12.4 Å². The third-order valence-electron chi connectivity index (χ3n) is 1.97. The zero-order chi connectivity index (χ0) is 9.84. The van der Waals surface area contributed by atoms with Gasteiger partial charge in [-0.2, -0.15) is 0 Å². The molecule has 1 aromatic heterocycles. The van der Waals surface area contributed by atoms with E-state index in [1.807, 2.05) is 17.7 Å². The molecule has 4 N–H and O–H groups in total. The predicted molar refractivity (Wildman–Crippen MR) is 48.8 cm³/mol. The number of hydrogen-bond donors (Lipinski definition) is 2. The van der Waals surface area contributed by atoms with Gasteiger partial charge >= 0.3 is 0 Å². The number of carbonyl (C=O) groups is 1. The van der Waals surface area contributed by atoms with E-state index in [9.17, 15) is 4.79 Å². The van der Waals surface area contributed by atoms with Gasteiger partial charge in [-0.25, -0.2) is 4.98 Å². The second kappa shape index (κ2) is 4.04. The highest BCUT2D eigenvalue weighted by Gasteiger charge is 2.08. The molecule has 1 rings (SSSR count). The molecular formula is C8H14N4O. The topological polar surface area (TPSA) is 86.9 Å². The fourth-order valence-electron chi connectivity index (χ4n) is 1.06.